The van der Waals surface area contributed by atoms with E-state index in [1.807, 2.05) is 4.90 Å². The first-order valence-corrected chi connectivity index (χ1v) is 10.3. The summed E-state index contributed by atoms with van der Waals surface area (Å²) in [6.07, 6.45) is 3.12. The smallest absolute Gasteiger partial charge is 0.233 e. The minimum absolute atomic E-state index is 0.180. The van der Waals surface area contributed by atoms with Crippen LogP contribution < -0.4 is 4.90 Å². The lowest BCUT2D eigenvalue weighted by Crippen LogP contribution is -2.50. The largest absolute Gasteiger partial charge is 0.369 e. The summed E-state index contributed by atoms with van der Waals surface area (Å²) in [5.41, 5.74) is 1.25. The zero-order valence-corrected chi connectivity index (χ0v) is 15.9. The van der Waals surface area contributed by atoms with E-state index < -0.39 is 21.8 Å². The van der Waals surface area contributed by atoms with Crippen molar-refractivity contribution >= 4 is 22.1 Å². The highest BCUT2D eigenvalue weighted by Gasteiger charge is 2.32. The van der Waals surface area contributed by atoms with Crippen molar-refractivity contribution in [3.05, 3.63) is 60.2 Å². The molecule has 0 radical (unpaired) electrons. The van der Waals surface area contributed by atoms with E-state index in [4.69, 9.17) is 0 Å². The summed E-state index contributed by atoms with van der Waals surface area (Å²) in [7, 11) is -3.74. The number of carbonyl (C=O) groups excluding carboxylic acids is 1. The van der Waals surface area contributed by atoms with E-state index in [0.29, 0.717) is 23.7 Å². The molecule has 1 aromatic carbocycles. The van der Waals surface area contributed by atoms with Crippen LogP contribution in [0, 0.1) is 5.82 Å². The molecular weight excluding hydrogens is 387 g/mol. The number of pyridine rings is 1. The van der Waals surface area contributed by atoms with E-state index in [2.05, 4.69) is 4.98 Å². The SMILES string of the molecule is O=CN(O)C(CS(=O)(=O)N1CCN(c2ccc(F)cc2)CC1)c1cccnc1. The Morgan fingerprint density at radius 2 is 1.86 bits per heavy atom. The van der Waals surface area contributed by atoms with Gasteiger partial charge in [0.1, 0.15) is 11.9 Å². The molecule has 1 atom stereocenters. The Morgan fingerprint density at radius 3 is 2.43 bits per heavy atom. The van der Waals surface area contributed by atoms with E-state index in [9.17, 15) is 22.8 Å². The zero-order chi connectivity index (χ0) is 20.1. The van der Waals surface area contributed by atoms with Gasteiger partial charge in [0, 0.05) is 44.3 Å². The Morgan fingerprint density at radius 1 is 1.18 bits per heavy atom. The monoisotopic (exact) mass is 408 g/mol. The van der Waals surface area contributed by atoms with Crippen LogP contribution in [0.25, 0.3) is 0 Å². The number of anilines is 1. The topological polar surface area (TPSA) is 94.0 Å². The van der Waals surface area contributed by atoms with Gasteiger partial charge in [-0.15, -0.1) is 0 Å². The van der Waals surface area contributed by atoms with Crippen LogP contribution in [0.2, 0.25) is 0 Å². The fraction of sp³-hybridized carbons (Fsp3) is 0.333. The molecule has 1 aliphatic rings. The van der Waals surface area contributed by atoms with E-state index in [-0.39, 0.29) is 25.3 Å². The van der Waals surface area contributed by atoms with Crippen LogP contribution in [0.5, 0.6) is 0 Å². The minimum atomic E-state index is -3.74. The zero-order valence-electron chi connectivity index (χ0n) is 15.1. The van der Waals surface area contributed by atoms with Crippen LogP contribution in [-0.4, -0.2) is 66.3 Å². The number of halogens is 1. The molecular formula is C18H21FN4O4S. The first-order valence-electron chi connectivity index (χ1n) is 8.71. The summed E-state index contributed by atoms with van der Waals surface area (Å²) in [5.74, 6) is -0.778. The van der Waals surface area contributed by atoms with Gasteiger partial charge < -0.3 is 4.90 Å². The van der Waals surface area contributed by atoms with E-state index >= 15 is 0 Å². The number of piperazine rings is 1. The number of hydrogen-bond acceptors (Lipinski definition) is 6. The molecule has 150 valence electrons. The lowest BCUT2D eigenvalue weighted by Gasteiger charge is -2.36. The Bertz CT molecular complexity index is 888. The lowest BCUT2D eigenvalue weighted by atomic mass is 10.1. The first kappa shape index (κ1) is 20.2. The summed E-state index contributed by atoms with van der Waals surface area (Å²) in [4.78, 5) is 16.9. The molecule has 3 rings (SSSR count). The molecule has 1 saturated heterocycles. The summed E-state index contributed by atoms with van der Waals surface area (Å²) in [6.45, 7) is 1.43. The van der Waals surface area contributed by atoms with Crippen molar-refractivity contribution in [2.24, 2.45) is 0 Å². The maximum absolute atomic E-state index is 13.1. The second-order valence-electron chi connectivity index (χ2n) is 6.43. The summed E-state index contributed by atoms with van der Waals surface area (Å²) in [6, 6.07) is 8.21. The van der Waals surface area contributed by atoms with Crippen LogP contribution in [0.3, 0.4) is 0 Å². The minimum Gasteiger partial charge on any atom is -0.369 e. The van der Waals surface area contributed by atoms with E-state index in [1.165, 1.54) is 28.8 Å². The van der Waals surface area contributed by atoms with Crippen LogP contribution in [0.4, 0.5) is 10.1 Å². The number of hydrogen-bond donors (Lipinski definition) is 1. The summed E-state index contributed by atoms with van der Waals surface area (Å²) < 4.78 is 40.1. The number of nitrogens with zero attached hydrogens (tertiary/aromatic N) is 4. The second kappa shape index (κ2) is 8.63. The maximum atomic E-state index is 13.1. The molecule has 1 amide bonds. The molecule has 2 heterocycles. The van der Waals surface area contributed by atoms with Crippen molar-refractivity contribution in [1.82, 2.24) is 14.4 Å². The molecule has 0 spiro atoms. The highest BCUT2D eigenvalue weighted by molar-refractivity contribution is 7.89. The van der Waals surface area contributed by atoms with Crippen LogP contribution >= 0.6 is 0 Å². The average molecular weight is 408 g/mol. The van der Waals surface area contributed by atoms with Gasteiger partial charge in [0.2, 0.25) is 16.4 Å². The number of carbonyl (C=O) groups is 1. The standard InChI is InChI=1S/C18H21FN4O4S/c19-16-3-5-17(6-4-16)21-8-10-22(11-9-21)28(26,27)13-18(23(25)14-24)15-2-1-7-20-12-15/h1-7,12,14,18,25H,8-11,13H2. The number of rotatable bonds is 7. The predicted molar refractivity (Wildman–Crippen MR) is 101 cm³/mol. The highest BCUT2D eigenvalue weighted by atomic mass is 32.2. The molecule has 1 unspecified atom stereocenters. The van der Waals surface area contributed by atoms with Gasteiger partial charge in [-0.2, -0.15) is 4.31 Å². The molecule has 0 aliphatic carbocycles. The third-order valence-corrected chi connectivity index (χ3v) is 6.58. The Hall–Kier alpha value is -2.56. The summed E-state index contributed by atoms with van der Waals surface area (Å²) >= 11 is 0. The molecule has 0 bridgehead atoms. The molecule has 1 N–H and O–H groups in total. The number of hydroxylamine groups is 2. The lowest BCUT2D eigenvalue weighted by molar-refractivity contribution is -0.159. The quantitative estimate of drug-likeness (QED) is 0.421. The Kier molecular flexibility index (Phi) is 6.22. The van der Waals surface area contributed by atoms with E-state index in [0.717, 1.165) is 5.69 Å². The molecule has 1 aromatic heterocycles. The number of aromatic nitrogens is 1. The molecule has 0 saturated carbocycles. The third-order valence-electron chi connectivity index (χ3n) is 4.69. The van der Waals surface area contributed by atoms with Crippen molar-refractivity contribution in [3.63, 3.8) is 0 Å². The van der Waals surface area contributed by atoms with Crippen molar-refractivity contribution in [1.29, 1.82) is 0 Å². The van der Waals surface area contributed by atoms with Crippen LogP contribution in [0.1, 0.15) is 11.6 Å². The molecule has 1 aliphatic heterocycles. The Labute approximate surface area is 162 Å². The summed E-state index contributed by atoms with van der Waals surface area (Å²) in [5, 5.41) is 10.2. The predicted octanol–water partition coefficient (Wildman–Crippen LogP) is 1.26. The van der Waals surface area contributed by atoms with Crippen molar-refractivity contribution in [3.8, 4) is 0 Å². The molecule has 10 heteroatoms. The van der Waals surface area contributed by atoms with Crippen molar-refractivity contribution in [2.75, 3.05) is 36.8 Å². The first-order chi connectivity index (χ1) is 13.4. The van der Waals surface area contributed by atoms with Crippen LogP contribution in [0.15, 0.2) is 48.8 Å². The molecule has 1 fully saturated rings. The van der Waals surface area contributed by atoms with E-state index in [1.54, 1.807) is 24.3 Å². The maximum Gasteiger partial charge on any atom is 0.233 e. The normalized spacial score (nSPS) is 16.6. The van der Waals surface area contributed by atoms with Gasteiger partial charge in [-0.05, 0) is 35.9 Å². The third kappa shape index (κ3) is 4.64. The number of benzene rings is 1. The van der Waals surface area contributed by atoms with Gasteiger partial charge in [0.05, 0.1) is 5.75 Å². The van der Waals surface area contributed by atoms with Gasteiger partial charge in [-0.3, -0.25) is 15.0 Å². The molecule has 8 nitrogen and oxygen atoms in total. The molecule has 2 aromatic rings. The highest BCUT2D eigenvalue weighted by Crippen LogP contribution is 2.23. The van der Waals surface area contributed by atoms with Gasteiger partial charge >= 0.3 is 0 Å². The molecule has 28 heavy (non-hydrogen) atoms. The fourth-order valence-electron chi connectivity index (χ4n) is 3.15. The Balaban J connectivity index is 1.69. The van der Waals surface area contributed by atoms with Crippen molar-refractivity contribution < 1.29 is 22.8 Å². The second-order valence-corrected chi connectivity index (χ2v) is 8.44. The van der Waals surface area contributed by atoms with Crippen LogP contribution in [-0.2, 0) is 14.8 Å². The number of amides is 1. The van der Waals surface area contributed by atoms with Gasteiger partial charge in [-0.1, -0.05) is 6.07 Å². The van der Waals surface area contributed by atoms with Gasteiger partial charge in [-0.25, -0.2) is 17.9 Å². The fourth-order valence-corrected chi connectivity index (χ4v) is 4.83. The van der Waals surface area contributed by atoms with Gasteiger partial charge in [0.15, 0.2) is 0 Å². The average Bonchev–Trinajstić information content (AvgIpc) is 2.73. The number of sulfonamides is 1. The van der Waals surface area contributed by atoms with Crippen molar-refractivity contribution in [2.45, 2.75) is 6.04 Å². The van der Waals surface area contributed by atoms with Gasteiger partial charge in [0.25, 0.3) is 0 Å².